The van der Waals surface area contributed by atoms with E-state index in [0.717, 1.165) is 32.1 Å². The normalized spacial score (nSPS) is 16.1. The fourth-order valence-corrected chi connectivity index (χ4v) is 2.66. The van der Waals surface area contributed by atoms with Gasteiger partial charge in [-0.2, -0.15) is 0 Å². The van der Waals surface area contributed by atoms with Gasteiger partial charge in [-0.15, -0.1) is 0 Å². The van der Waals surface area contributed by atoms with Crippen molar-refractivity contribution in [2.75, 3.05) is 7.11 Å². The number of ether oxygens (including phenoxy) is 1. The van der Waals surface area contributed by atoms with Crippen LogP contribution in [-0.4, -0.2) is 22.6 Å². The zero-order chi connectivity index (χ0) is 13.0. The van der Waals surface area contributed by atoms with E-state index < -0.39 is 0 Å². The van der Waals surface area contributed by atoms with E-state index >= 15 is 0 Å². The largest absolute Gasteiger partial charge is 0.467 e. The molecule has 18 heavy (non-hydrogen) atoms. The first-order valence-corrected chi connectivity index (χ1v) is 6.90. The molecule has 1 aromatic rings. The van der Waals surface area contributed by atoms with Crippen LogP contribution in [0.25, 0.3) is 0 Å². The maximum Gasteiger partial charge on any atom is 0.328 e. The van der Waals surface area contributed by atoms with Crippen molar-refractivity contribution in [1.82, 2.24) is 9.55 Å². The lowest BCUT2D eigenvalue weighted by Crippen LogP contribution is -2.23. The molecule has 1 aromatic heterocycles. The lowest BCUT2D eigenvalue weighted by molar-refractivity contribution is -0.144. The summed E-state index contributed by atoms with van der Waals surface area (Å²) in [6.07, 6.45) is 9.28. The summed E-state index contributed by atoms with van der Waals surface area (Å²) in [7, 11) is 1.46. The van der Waals surface area contributed by atoms with Gasteiger partial charge in [0.15, 0.2) is 0 Å². The molecule has 0 amide bonds. The number of fused-ring (bicyclic) bond motifs is 1. The number of carbonyl (C=O) groups is 1. The quantitative estimate of drug-likeness (QED) is 0.755. The van der Waals surface area contributed by atoms with E-state index in [1.165, 1.54) is 31.3 Å². The third kappa shape index (κ3) is 2.57. The van der Waals surface area contributed by atoms with E-state index in [1.807, 2.05) is 6.33 Å². The maximum atomic E-state index is 11.9. The number of imidazole rings is 1. The van der Waals surface area contributed by atoms with Gasteiger partial charge in [-0.25, -0.2) is 9.78 Å². The number of aryl methyl sites for hydroxylation is 1. The highest BCUT2D eigenvalue weighted by atomic mass is 16.5. The summed E-state index contributed by atoms with van der Waals surface area (Å²) in [6.45, 7) is 2.14. The Bertz CT molecular complexity index is 412. The van der Waals surface area contributed by atoms with Crippen LogP contribution in [-0.2, 0) is 22.4 Å². The van der Waals surface area contributed by atoms with Crippen LogP contribution in [0.15, 0.2) is 6.33 Å². The van der Waals surface area contributed by atoms with Gasteiger partial charge in [-0.3, -0.25) is 0 Å². The Balaban J connectivity index is 2.24. The summed E-state index contributed by atoms with van der Waals surface area (Å²) in [4.78, 5) is 16.4. The Hall–Kier alpha value is -1.32. The summed E-state index contributed by atoms with van der Waals surface area (Å²) in [5.74, 6) is -0.144. The van der Waals surface area contributed by atoms with Crippen molar-refractivity contribution in [2.45, 2.75) is 57.9 Å². The molecule has 0 saturated carbocycles. The predicted molar refractivity (Wildman–Crippen MR) is 69.4 cm³/mol. The van der Waals surface area contributed by atoms with Crippen LogP contribution in [0.5, 0.6) is 0 Å². The lowest BCUT2D eigenvalue weighted by atomic mass is 10.00. The average Bonchev–Trinajstić information content (AvgIpc) is 2.83. The van der Waals surface area contributed by atoms with Crippen LogP contribution in [0.1, 0.15) is 56.5 Å². The molecule has 0 fully saturated rings. The first-order chi connectivity index (χ1) is 8.77. The molecule has 100 valence electrons. The van der Waals surface area contributed by atoms with E-state index in [1.54, 1.807) is 0 Å². The zero-order valence-corrected chi connectivity index (χ0v) is 11.3. The van der Waals surface area contributed by atoms with Crippen LogP contribution in [0.2, 0.25) is 0 Å². The maximum absolute atomic E-state index is 11.9. The number of carbonyl (C=O) groups excluding carboxylic acids is 1. The second-order valence-corrected chi connectivity index (χ2v) is 4.93. The van der Waals surface area contributed by atoms with Gasteiger partial charge in [0.1, 0.15) is 6.04 Å². The number of aromatic nitrogens is 2. The van der Waals surface area contributed by atoms with Crippen molar-refractivity contribution >= 4 is 5.97 Å². The van der Waals surface area contributed by atoms with Crippen molar-refractivity contribution < 1.29 is 9.53 Å². The molecule has 2 rings (SSSR count). The minimum Gasteiger partial charge on any atom is -0.467 e. The Morgan fingerprint density at radius 1 is 1.50 bits per heavy atom. The molecule has 0 aliphatic heterocycles. The monoisotopic (exact) mass is 250 g/mol. The number of nitrogens with zero attached hydrogens (tertiary/aromatic N) is 2. The van der Waals surface area contributed by atoms with Crippen LogP contribution in [0.3, 0.4) is 0 Å². The van der Waals surface area contributed by atoms with Gasteiger partial charge in [0.2, 0.25) is 0 Å². The Morgan fingerprint density at radius 3 is 3.00 bits per heavy atom. The number of methoxy groups -OCH3 is 1. The summed E-state index contributed by atoms with van der Waals surface area (Å²) >= 11 is 0. The fourth-order valence-electron chi connectivity index (χ4n) is 2.66. The van der Waals surface area contributed by atoms with Crippen molar-refractivity contribution in [2.24, 2.45) is 0 Å². The molecule has 0 radical (unpaired) electrons. The summed E-state index contributed by atoms with van der Waals surface area (Å²) < 4.78 is 6.99. The summed E-state index contributed by atoms with van der Waals surface area (Å²) in [5, 5.41) is 0. The molecule has 1 heterocycles. The van der Waals surface area contributed by atoms with Crippen LogP contribution in [0.4, 0.5) is 0 Å². The number of hydrogen-bond acceptors (Lipinski definition) is 3. The van der Waals surface area contributed by atoms with E-state index in [4.69, 9.17) is 4.74 Å². The van der Waals surface area contributed by atoms with Crippen molar-refractivity contribution in [3.63, 3.8) is 0 Å². The second kappa shape index (κ2) is 6.03. The van der Waals surface area contributed by atoms with Gasteiger partial charge < -0.3 is 9.30 Å². The first-order valence-electron chi connectivity index (χ1n) is 6.90. The van der Waals surface area contributed by atoms with Gasteiger partial charge in [0, 0.05) is 5.69 Å². The highest BCUT2D eigenvalue weighted by molar-refractivity contribution is 5.74. The first kappa shape index (κ1) is 13.1. The van der Waals surface area contributed by atoms with Gasteiger partial charge in [0.05, 0.1) is 19.1 Å². The Morgan fingerprint density at radius 2 is 2.28 bits per heavy atom. The number of hydrogen-bond donors (Lipinski definition) is 0. The number of rotatable bonds is 5. The average molecular weight is 250 g/mol. The Labute approximate surface area is 108 Å². The molecular formula is C14H22N2O2. The lowest BCUT2D eigenvalue weighted by Gasteiger charge is -2.20. The van der Waals surface area contributed by atoms with E-state index in [-0.39, 0.29) is 12.0 Å². The van der Waals surface area contributed by atoms with E-state index in [0.29, 0.717) is 0 Å². The molecule has 0 N–H and O–H groups in total. The SMILES string of the molecule is CCCCC(C(=O)OC)n1cnc2c1CCCC2. The van der Waals surface area contributed by atoms with Crippen LogP contribution in [0, 0.1) is 0 Å². The minimum atomic E-state index is -0.190. The third-order valence-electron chi connectivity index (χ3n) is 3.70. The van der Waals surface area contributed by atoms with Crippen molar-refractivity contribution in [3.05, 3.63) is 17.7 Å². The van der Waals surface area contributed by atoms with E-state index in [2.05, 4.69) is 16.5 Å². The van der Waals surface area contributed by atoms with Crippen LogP contribution >= 0.6 is 0 Å². The van der Waals surface area contributed by atoms with Crippen molar-refractivity contribution in [3.8, 4) is 0 Å². The van der Waals surface area contributed by atoms with Gasteiger partial charge in [-0.1, -0.05) is 19.8 Å². The Kier molecular flexibility index (Phi) is 4.39. The number of unbranched alkanes of at least 4 members (excludes halogenated alkanes) is 1. The molecule has 0 bridgehead atoms. The van der Waals surface area contributed by atoms with Gasteiger partial charge in [0.25, 0.3) is 0 Å². The molecule has 1 aliphatic rings. The van der Waals surface area contributed by atoms with Crippen molar-refractivity contribution in [1.29, 1.82) is 0 Å². The molecule has 0 aromatic carbocycles. The molecule has 0 spiro atoms. The molecule has 4 heteroatoms. The molecule has 0 saturated heterocycles. The van der Waals surface area contributed by atoms with Crippen LogP contribution < -0.4 is 0 Å². The fraction of sp³-hybridized carbons (Fsp3) is 0.714. The second-order valence-electron chi connectivity index (χ2n) is 4.93. The van der Waals surface area contributed by atoms with E-state index in [9.17, 15) is 4.79 Å². The molecule has 1 atom stereocenters. The smallest absolute Gasteiger partial charge is 0.328 e. The highest BCUT2D eigenvalue weighted by Crippen LogP contribution is 2.26. The zero-order valence-electron chi connectivity index (χ0n) is 11.3. The number of esters is 1. The van der Waals surface area contributed by atoms with Gasteiger partial charge >= 0.3 is 5.97 Å². The molecule has 1 aliphatic carbocycles. The summed E-state index contributed by atoms with van der Waals surface area (Å²) in [5.41, 5.74) is 2.42. The topological polar surface area (TPSA) is 44.1 Å². The molecular weight excluding hydrogens is 228 g/mol. The predicted octanol–water partition coefficient (Wildman–Crippen LogP) is 2.67. The third-order valence-corrected chi connectivity index (χ3v) is 3.70. The summed E-state index contributed by atoms with van der Waals surface area (Å²) in [6, 6.07) is -0.190. The molecule has 4 nitrogen and oxygen atoms in total. The van der Waals surface area contributed by atoms with Gasteiger partial charge in [-0.05, 0) is 32.1 Å². The highest BCUT2D eigenvalue weighted by Gasteiger charge is 2.25. The minimum absolute atomic E-state index is 0.144. The standard InChI is InChI=1S/C14H22N2O2/c1-3-4-8-13(14(17)18-2)16-10-15-11-7-5-6-9-12(11)16/h10,13H,3-9H2,1-2H3. The molecule has 1 unspecified atom stereocenters.